The number of H-pyrrole nitrogens is 1. The zero-order chi connectivity index (χ0) is 47.1. The molecule has 0 saturated heterocycles. The highest BCUT2D eigenvalue weighted by atomic mass is 19.4. The fourth-order valence-corrected chi connectivity index (χ4v) is 7.78. The molecule has 1 amide bonds. The lowest BCUT2D eigenvalue weighted by Crippen LogP contribution is -2.63. The molecule has 2 aliphatic rings. The Labute approximate surface area is 333 Å². The molecule has 0 unspecified atom stereocenters. The zero-order valence-corrected chi connectivity index (χ0v) is 30.6. The number of hydrogen-bond acceptors (Lipinski definition) is 5. The van der Waals surface area contributed by atoms with Gasteiger partial charge in [0.2, 0.25) is 0 Å². The molecule has 2 heterocycles. The summed E-state index contributed by atoms with van der Waals surface area (Å²) in [6.45, 7) is 0. The van der Waals surface area contributed by atoms with Gasteiger partial charge in [-0.15, -0.1) is 0 Å². The van der Waals surface area contributed by atoms with Gasteiger partial charge in [-0.05, 0) is 69.6 Å². The van der Waals surface area contributed by atoms with Gasteiger partial charge >= 0.3 is 53.9 Å². The number of alkyl halides is 18. The van der Waals surface area contributed by atoms with Crippen molar-refractivity contribution in [2.75, 3.05) is 0 Å². The van der Waals surface area contributed by atoms with E-state index in [9.17, 15) is 103 Å². The standard InChI is InChI=1S/C35H28F18N4O5/c36-28(37,30(40,41)32(44,45)34(48,49)50)12-1-5-14(6-2-12)55-23(54)22-19(27(61)62)11-18(20-16-9-10-17(21(20)22)25(59)57-24(16)58)26(60)56-15-7-3-13(4-8-15)29(38,39)31(42,43)33(46,47)35(51,52)53/h9-15H,1-8H2,(H2,54,55)(H,56,60)(H,61,62)(H,57,58,59). The molecule has 27 heteroatoms. The van der Waals surface area contributed by atoms with E-state index in [1.807, 2.05) is 4.98 Å². The van der Waals surface area contributed by atoms with E-state index >= 15 is 0 Å². The van der Waals surface area contributed by atoms with Crippen molar-refractivity contribution in [2.24, 2.45) is 22.6 Å². The van der Waals surface area contributed by atoms with Gasteiger partial charge in [-0.2, -0.15) is 79.0 Å². The second-order valence-electron chi connectivity index (χ2n) is 14.9. The van der Waals surface area contributed by atoms with E-state index in [0.29, 0.717) is 6.07 Å². The van der Waals surface area contributed by atoms with E-state index in [1.165, 1.54) is 0 Å². The van der Waals surface area contributed by atoms with Crippen LogP contribution >= 0.6 is 0 Å². The number of rotatable bonds is 11. The summed E-state index contributed by atoms with van der Waals surface area (Å²) in [7, 11) is 0. The highest BCUT2D eigenvalue weighted by molar-refractivity contribution is 6.27. The van der Waals surface area contributed by atoms with Crippen molar-refractivity contribution in [3.8, 4) is 0 Å². The first-order valence-electron chi connectivity index (χ1n) is 17.8. The number of carbonyl (C=O) groups excluding carboxylic acids is 1. The number of benzene rings is 2. The second-order valence-corrected chi connectivity index (χ2v) is 14.9. The molecule has 62 heavy (non-hydrogen) atoms. The monoisotopic (exact) mass is 926 g/mol. The first-order valence-corrected chi connectivity index (χ1v) is 17.8. The van der Waals surface area contributed by atoms with Crippen molar-refractivity contribution < 1.29 is 93.7 Å². The van der Waals surface area contributed by atoms with E-state index in [2.05, 4.69) is 10.3 Å². The maximum absolute atomic E-state index is 14.6. The molecule has 344 valence electrons. The summed E-state index contributed by atoms with van der Waals surface area (Å²) >= 11 is 0. The number of aliphatic imine (C=N–C) groups is 1. The van der Waals surface area contributed by atoms with Crippen molar-refractivity contribution in [1.82, 2.24) is 10.3 Å². The lowest BCUT2D eigenvalue weighted by Gasteiger charge is -2.40. The fraction of sp³-hybridized carbons (Fsp3) is 0.571. The van der Waals surface area contributed by atoms with Crippen LogP contribution < -0.4 is 22.2 Å². The quantitative estimate of drug-likeness (QED) is 0.0858. The molecular weight excluding hydrogens is 898 g/mol. The topological polar surface area (TPSA) is 155 Å². The van der Waals surface area contributed by atoms with Crippen LogP contribution in [-0.2, 0) is 0 Å². The van der Waals surface area contributed by atoms with Gasteiger partial charge < -0.3 is 16.2 Å². The number of carbonyl (C=O) groups is 2. The minimum Gasteiger partial charge on any atom is -0.478 e. The first kappa shape index (κ1) is 48.0. The molecule has 5 N–H and O–H groups in total. The lowest BCUT2D eigenvalue weighted by atomic mass is 9.78. The number of aromatic carboxylic acids is 1. The molecule has 2 aromatic heterocycles. The Morgan fingerprint density at radius 3 is 1.42 bits per heavy atom. The molecule has 2 aliphatic carbocycles. The second kappa shape index (κ2) is 15.4. The van der Waals surface area contributed by atoms with Crippen LogP contribution in [0.4, 0.5) is 79.0 Å². The van der Waals surface area contributed by atoms with E-state index < -0.39 is 190 Å². The van der Waals surface area contributed by atoms with Gasteiger partial charge in [0, 0.05) is 50.5 Å². The number of aromatic amines is 1. The molecular formula is C35H28F18N4O5. The number of nitrogens with one attached hydrogen (secondary N) is 2. The van der Waals surface area contributed by atoms with Gasteiger partial charge in [0.1, 0.15) is 5.84 Å². The summed E-state index contributed by atoms with van der Waals surface area (Å²) in [5.74, 6) is -49.6. The van der Waals surface area contributed by atoms with Crippen molar-refractivity contribution in [3.05, 3.63) is 55.6 Å². The Morgan fingerprint density at radius 2 is 1.02 bits per heavy atom. The van der Waals surface area contributed by atoms with E-state index in [0.717, 1.165) is 12.1 Å². The summed E-state index contributed by atoms with van der Waals surface area (Å²) in [4.78, 5) is 58.5. The molecule has 9 nitrogen and oxygen atoms in total. The molecule has 0 aliphatic heterocycles. The average molecular weight is 927 g/mol. The number of amides is 1. The van der Waals surface area contributed by atoms with Crippen LogP contribution in [0.3, 0.4) is 0 Å². The number of carboxylic acids is 1. The third-order valence-electron chi connectivity index (χ3n) is 11.2. The molecule has 2 saturated carbocycles. The molecule has 2 fully saturated rings. The zero-order valence-electron chi connectivity index (χ0n) is 30.6. The van der Waals surface area contributed by atoms with Crippen molar-refractivity contribution in [1.29, 1.82) is 0 Å². The van der Waals surface area contributed by atoms with Crippen LogP contribution in [0.25, 0.3) is 21.5 Å². The van der Waals surface area contributed by atoms with Gasteiger partial charge in [-0.1, -0.05) is 0 Å². The minimum atomic E-state index is -7.14. The largest absolute Gasteiger partial charge is 0.478 e. The molecule has 4 aromatic rings. The molecule has 6 rings (SSSR count). The van der Waals surface area contributed by atoms with Crippen molar-refractivity contribution in [3.63, 3.8) is 0 Å². The van der Waals surface area contributed by atoms with Gasteiger partial charge in [-0.25, -0.2) is 4.79 Å². The summed E-state index contributed by atoms with van der Waals surface area (Å²) in [6.07, 6.45) is -21.7. The Morgan fingerprint density at radius 1 is 0.613 bits per heavy atom. The summed E-state index contributed by atoms with van der Waals surface area (Å²) in [6, 6.07) is -0.140. The van der Waals surface area contributed by atoms with E-state index in [4.69, 9.17) is 5.73 Å². The number of halogens is 18. The minimum absolute atomic E-state index is 0.527. The average Bonchev–Trinajstić information content (AvgIpc) is 3.36. The van der Waals surface area contributed by atoms with Crippen molar-refractivity contribution >= 4 is 39.3 Å². The number of nitrogens with two attached hydrogens (primary N) is 1. The fourth-order valence-electron chi connectivity index (χ4n) is 7.78. The van der Waals surface area contributed by atoms with Crippen LogP contribution in [0.15, 0.2) is 32.8 Å². The molecule has 0 spiro atoms. The van der Waals surface area contributed by atoms with Gasteiger partial charge in [-0.3, -0.25) is 24.4 Å². The summed E-state index contributed by atoms with van der Waals surface area (Å²) in [5.41, 5.74) is 1.28. The number of hydrogen-bond donors (Lipinski definition) is 4. The van der Waals surface area contributed by atoms with Gasteiger partial charge in [0.25, 0.3) is 17.0 Å². The third kappa shape index (κ3) is 7.52. The first-order chi connectivity index (χ1) is 28.1. The van der Waals surface area contributed by atoms with Crippen LogP contribution in [-0.4, -0.2) is 87.8 Å². The SMILES string of the molecule is NC(=NC1CCC(C(F)(F)C(F)(F)C(F)(F)C(F)(F)F)CC1)c1c(C(=O)O)cc(C(=O)NC2CCC(C(F)(F)C(F)(F)C(F)(F)C(F)(F)F)CC2)c2c3ccc(c(=O)[nH]c3=O)c12. The number of nitrogens with zero attached hydrogens (tertiary/aromatic N) is 1. The smallest absolute Gasteiger partial charge is 0.460 e. The maximum atomic E-state index is 14.6. The predicted octanol–water partition coefficient (Wildman–Crippen LogP) is 8.67. The predicted molar refractivity (Wildman–Crippen MR) is 178 cm³/mol. The molecule has 2 bridgehead atoms. The van der Waals surface area contributed by atoms with E-state index in [1.54, 1.807) is 0 Å². The Kier molecular flexibility index (Phi) is 11.9. The number of fused-ring (bicyclic) bond motifs is 3. The lowest BCUT2D eigenvalue weighted by molar-refractivity contribution is -0.404. The number of aromatic nitrogens is 1. The maximum Gasteiger partial charge on any atom is 0.460 e. The third-order valence-corrected chi connectivity index (χ3v) is 11.2. The number of amidine groups is 1. The summed E-state index contributed by atoms with van der Waals surface area (Å²) in [5, 5.41) is 10.3. The van der Waals surface area contributed by atoms with E-state index in [-0.39, 0.29) is 0 Å². The molecule has 0 radical (unpaired) electrons. The highest BCUT2D eigenvalue weighted by Gasteiger charge is 2.84. The highest BCUT2D eigenvalue weighted by Crippen LogP contribution is 2.58. The van der Waals surface area contributed by atoms with Crippen LogP contribution in [0.5, 0.6) is 0 Å². The van der Waals surface area contributed by atoms with Gasteiger partial charge in [0.15, 0.2) is 0 Å². The van der Waals surface area contributed by atoms with Crippen LogP contribution in [0, 0.1) is 11.8 Å². The number of carboxylic acid groups (broad SMARTS) is 1. The van der Waals surface area contributed by atoms with Crippen molar-refractivity contribution in [2.45, 2.75) is 111 Å². The molecule has 0 atom stereocenters. The van der Waals surface area contributed by atoms with Crippen LogP contribution in [0.1, 0.15) is 77.6 Å². The summed E-state index contributed by atoms with van der Waals surface area (Å²) < 4.78 is 245. The van der Waals surface area contributed by atoms with Gasteiger partial charge in [0.05, 0.1) is 11.6 Å². The Bertz CT molecular complexity index is 2380. The molecule has 2 aromatic carbocycles. The Balaban J connectivity index is 1.48. The normalized spacial score (nSPS) is 22.0. The van der Waals surface area contributed by atoms with Crippen LogP contribution in [0.2, 0.25) is 0 Å². The Hall–Kier alpha value is -5.01.